The van der Waals surface area contributed by atoms with E-state index < -0.39 is 11.6 Å². The van der Waals surface area contributed by atoms with Crippen molar-refractivity contribution in [1.82, 2.24) is 9.78 Å². The van der Waals surface area contributed by atoms with Crippen molar-refractivity contribution in [2.75, 3.05) is 18.9 Å². The second kappa shape index (κ2) is 5.81. The van der Waals surface area contributed by atoms with E-state index in [0.717, 1.165) is 44.7 Å². The molecule has 3 rings (SSSR count). The van der Waals surface area contributed by atoms with Crippen molar-refractivity contribution in [1.29, 1.82) is 0 Å². The zero-order valence-electron chi connectivity index (χ0n) is 11.6. The minimum Gasteiger partial charge on any atom is -0.396 e. The number of hydrogen-bond donors (Lipinski definition) is 1. The highest BCUT2D eigenvalue weighted by Gasteiger charge is 2.16. The first kappa shape index (κ1) is 14.0. The van der Waals surface area contributed by atoms with Crippen LogP contribution >= 0.6 is 0 Å². The summed E-state index contributed by atoms with van der Waals surface area (Å²) in [6, 6.07) is 2.11. The SMILES string of the molecule is Nc1cc(F)c(-c2cnn(CC3CCOCC3)c2)cc1F. The molecule has 0 saturated carbocycles. The first-order valence-corrected chi connectivity index (χ1v) is 6.98. The van der Waals surface area contributed by atoms with Crippen molar-refractivity contribution in [2.45, 2.75) is 19.4 Å². The molecule has 0 spiro atoms. The molecule has 1 fully saturated rings. The Kier molecular flexibility index (Phi) is 3.88. The molecule has 6 heteroatoms. The Bertz CT molecular complexity index is 636. The van der Waals surface area contributed by atoms with Crippen LogP contribution in [0.1, 0.15) is 12.8 Å². The second-order valence-electron chi connectivity index (χ2n) is 5.36. The van der Waals surface area contributed by atoms with E-state index in [2.05, 4.69) is 5.10 Å². The van der Waals surface area contributed by atoms with Gasteiger partial charge in [0.25, 0.3) is 0 Å². The Morgan fingerprint density at radius 1 is 1.24 bits per heavy atom. The van der Waals surface area contributed by atoms with Gasteiger partial charge in [0.1, 0.15) is 11.6 Å². The Hall–Kier alpha value is -1.95. The van der Waals surface area contributed by atoms with Gasteiger partial charge in [-0.15, -0.1) is 0 Å². The topological polar surface area (TPSA) is 53.1 Å². The van der Waals surface area contributed by atoms with E-state index in [1.807, 2.05) is 0 Å². The van der Waals surface area contributed by atoms with E-state index in [1.165, 1.54) is 0 Å². The van der Waals surface area contributed by atoms with Crippen molar-refractivity contribution < 1.29 is 13.5 Å². The molecule has 1 aliphatic heterocycles. The molecule has 2 heterocycles. The lowest BCUT2D eigenvalue weighted by atomic mass is 10.0. The fourth-order valence-electron chi connectivity index (χ4n) is 2.58. The maximum absolute atomic E-state index is 13.9. The molecule has 1 aromatic carbocycles. The van der Waals surface area contributed by atoms with Gasteiger partial charge in [-0.2, -0.15) is 5.10 Å². The summed E-state index contributed by atoms with van der Waals surface area (Å²) >= 11 is 0. The zero-order valence-corrected chi connectivity index (χ0v) is 11.6. The summed E-state index contributed by atoms with van der Waals surface area (Å²) in [5.74, 6) is -0.650. The van der Waals surface area contributed by atoms with E-state index >= 15 is 0 Å². The molecule has 0 aliphatic carbocycles. The van der Waals surface area contributed by atoms with Crippen LogP contribution < -0.4 is 5.73 Å². The number of benzene rings is 1. The fraction of sp³-hybridized carbons (Fsp3) is 0.400. The predicted octanol–water partition coefficient (Wildman–Crippen LogP) is 2.84. The highest BCUT2D eigenvalue weighted by Crippen LogP contribution is 2.27. The standard InChI is InChI=1S/C15H17F2N3O/c16-13-6-15(18)14(17)5-12(13)11-7-19-20(9-11)8-10-1-3-21-4-2-10/h5-7,9-10H,1-4,8,18H2. The van der Waals surface area contributed by atoms with Crippen LogP contribution in [0.2, 0.25) is 0 Å². The number of ether oxygens (including phenoxy) is 1. The summed E-state index contributed by atoms with van der Waals surface area (Å²) in [4.78, 5) is 0. The Labute approximate surface area is 121 Å². The highest BCUT2D eigenvalue weighted by atomic mass is 19.1. The Morgan fingerprint density at radius 2 is 2.00 bits per heavy atom. The minimum atomic E-state index is -0.622. The molecule has 1 aromatic heterocycles. The van der Waals surface area contributed by atoms with Crippen LogP contribution in [0.5, 0.6) is 0 Å². The van der Waals surface area contributed by atoms with E-state index in [9.17, 15) is 8.78 Å². The third-order valence-corrected chi connectivity index (χ3v) is 3.82. The first-order chi connectivity index (χ1) is 10.1. The van der Waals surface area contributed by atoms with Crippen LogP contribution in [-0.2, 0) is 11.3 Å². The molecule has 0 atom stereocenters. The van der Waals surface area contributed by atoms with Crippen LogP contribution in [0.3, 0.4) is 0 Å². The molecule has 2 N–H and O–H groups in total. The van der Waals surface area contributed by atoms with Crippen molar-refractivity contribution >= 4 is 5.69 Å². The quantitative estimate of drug-likeness (QED) is 0.885. The van der Waals surface area contributed by atoms with Crippen LogP contribution in [0.4, 0.5) is 14.5 Å². The van der Waals surface area contributed by atoms with Crippen LogP contribution in [0.15, 0.2) is 24.5 Å². The molecule has 0 bridgehead atoms. The average Bonchev–Trinajstić information content (AvgIpc) is 2.92. The van der Waals surface area contributed by atoms with Gasteiger partial charge in [0.2, 0.25) is 0 Å². The molecule has 0 radical (unpaired) electrons. The number of rotatable bonds is 3. The average molecular weight is 293 g/mol. The Morgan fingerprint density at radius 3 is 2.76 bits per heavy atom. The molecule has 4 nitrogen and oxygen atoms in total. The lowest BCUT2D eigenvalue weighted by Gasteiger charge is -2.21. The second-order valence-corrected chi connectivity index (χ2v) is 5.36. The third kappa shape index (κ3) is 3.05. The normalized spacial score (nSPS) is 16.3. The summed E-state index contributed by atoms with van der Waals surface area (Å²) in [6.07, 6.45) is 5.29. The maximum Gasteiger partial charge on any atom is 0.146 e. The largest absolute Gasteiger partial charge is 0.396 e. The fourth-order valence-corrected chi connectivity index (χ4v) is 2.58. The van der Waals surface area contributed by atoms with Crippen LogP contribution in [0.25, 0.3) is 11.1 Å². The number of nitrogen functional groups attached to an aromatic ring is 1. The van der Waals surface area contributed by atoms with Gasteiger partial charge < -0.3 is 10.5 Å². The molecule has 1 saturated heterocycles. The number of anilines is 1. The smallest absolute Gasteiger partial charge is 0.146 e. The summed E-state index contributed by atoms with van der Waals surface area (Å²) < 4.78 is 34.5. The third-order valence-electron chi connectivity index (χ3n) is 3.82. The predicted molar refractivity (Wildman–Crippen MR) is 75.5 cm³/mol. The molecule has 0 unspecified atom stereocenters. The van der Waals surface area contributed by atoms with Gasteiger partial charge in [-0.25, -0.2) is 8.78 Å². The molecule has 1 aliphatic rings. The summed E-state index contributed by atoms with van der Waals surface area (Å²) in [5, 5.41) is 4.24. The summed E-state index contributed by atoms with van der Waals surface area (Å²) in [6.45, 7) is 2.32. The number of nitrogens with zero attached hydrogens (tertiary/aromatic N) is 2. The van der Waals surface area contributed by atoms with E-state index in [1.54, 1.807) is 17.1 Å². The number of hydrogen-bond acceptors (Lipinski definition) is 3. The van der Waals surface area contributed by atoms with Crippen molar-refractivity contribution in [3.8, 4) is 11.1 Å². The maximum atomic E-state index is 13.9. The molecule has 0 amide bonds. The Balaban J connectivity index is 1.79. The van der Waals surface area contributed by atoms with Gasteiger partial charge in [-0.05, 0) is 24.8 Å². The van der Waals surface area contributed by atoms with Gasteiger partial charge in [0.15, 0.2) is 0 Å². The summed E-state index contributed by atoms with van der Waals surface area (Å²) in [5.41, 5.74) is 5.89. The molecule has 21 heavy (non-hydrogen) atoms. The first-order valence-electron chi connectivity index (χ1n) is 6.98. The van der Waals surface area contributed by atoms with Crippen molar-refractivity contribution in [3.63, 3.8) is 0 Å². The zero-order chi connectivity index (χ0) is 14.8. The van der Waals surface area contributed by atoms with Crippen LogP contribution in [-0.4, -0.2) is 23.0 Å². The number of halogens is 2. The van der Waals surface area contributed by atoms with Gasteiger partial charge in [-0.1, -0.05) is 0 Å². The molecule has 112 valence electrons. The van der Waals surface area contributed by atoms with Gasteiger partial charge in [0.05, 0.1) is 11.9 Å². The summed E-state index contributed by atoms with van der Waals surface area (Å²) in [7, 11) is 0. The van der Waals surface area contributed by atoms with E-state index in [-0.39, 0.29) is 11.3 Å². The highest BCUT2D eigenvalue weighted by molar-refractivity contribution is 5.65. The van der Waals surface area contributed by atoms with Crippen molar-refractivity contribution in [3.05, 3.63) is 36.2 Å². The van der Waals surface area contributed by atoms with E-state index in [4.69, 9.17) is 10.5 Å². The van der Waals surface area contributed by atoms with Gasteiger partial charge >= 0.3 is 0 Å². The number of aromatic nitrogens is 2. The monoisotopic (exact) mass is 293 g/mol. The lowest BCUT2D eigenvalue weighted by Crippen LogP contribution is -2.20. The molecular weight excluding hydrogens is 276 g/mol. The lowest BCUT2D eigenvalue weighted by molar-refractivity contribution is 0.0601. The van der Waals surface area contributed by atoms with E-state index in [0.29, 0.717) is 11.5 Å². The van der Waals surface area contributed by atoms with Crippen molar-refractivity contribution in [2.24, 2.45) is 5.92 Å². The molecule has 2 aromatic rings. The van der Waals surface area contributed by atoms with Gasteiger partial charge in [-0.3, -0.25) is 4.68 Å². The minimum absolute atomic E-state index is 0.180. The molecular formula is C15H17F2N3O. The van der Waals surface area contributed by atoms with Gasteiger partial charge in [0, 0.05) is 43.1 Å². The van der Waals surface area contributed by atoms with Crippen LogP contribution in [0, 0.1) is 17.6 Å². The number of nitrogens with two attached hydrogens (primary N) is 1.